The van der Waals surface area contributed by atoms with Gasteiger partial charge in [0.15, 0.2) is 0 Å². The van der Waals surface area contributed by atoms with Crippen molar-refractivity contribution in [2.75, 3.05) is 64.8 Å². The van der Waals surface area contributed by atoms with Crippen molar-refractivity contribution in [2.24, 2.45) is 0 Å². The van der Waals surface area contributed by atoms with Crippen LogP contribution in [0.4, 0.5) is 9.59 Å². The summed E-state index contributed by atoms with van der Waals surface area (Å²) >= 11 is 0. The van der Waals surface area contributed by atoms with Gasteiger partial charge in [0.05, 0.1) is 19.6 Å². The lowest BCUT2D eigenvalue weighted by atomic mass is 10.2. The molecule has 0 bridgehead atoms. The molecule has 0 atom stereocenters. The molecule has 2 rings (SSSR count). The number of amides is 4. The number of ether oxygens (including phenoxy) is 2. The number of benzene rings is 1. The Bertz CT molecular complexity index is 1150. The number of fused-ring (bicyclic) bond motifs is 1. The number of para-hydroxylation sites is 1. The van der Waals surface area contributed by atoms with Crippen LogP contribution in [0.1, 0.15) is 41.5 Å². The maximum absolute atomic E-state index is 12.9. The van der Waals surface area contributed by atoms with E-state index in [0.29, 0.717) is 13.1 Å². The highest BCUT2D eigenvalue weighted by Crippen LogP contribution is 2.08. The molecule has 0 saturated heterocycles. The molecule has 4 N–H and O–H groups in total. The Morgan fingerprint density at radius 3 is 1.93 bits per heavy atom. The third-order valence-electron chi connectivity index (χ3n) is 5.49. The number of rotatable bonds is 14. The van der Waals surface area contributed by atoms with E-state index in [0.717, 1.165) is 11.0 Å². The Labute approximate surface area is 246 Å². The van der Waals surface area contributed by atoms with Crippen molar-refractivity contribution >= 4 is 35.0 Å². The Hall–Kier alpha value is -4.14. The van der Waals surface area contributed by atoms with Crippen LogP contribution in [0, 0.1) is 0 Å². The van der Waals surface area contributed by atoms with Crippen LogP contribution in [0.15, 0.2) is 24.3 Å². The van der Waals surface area contributed by atoms with Gasteiger partial charge in [-0.3, -0.25) is 14.9 Å². The topological polar surface area (TPSA) is 172 Å². The maximum Gasteiger partial charge on any atom is 0.407 e. The van der Waals surface area contributed by atoms with Crippen molar-refractivity contribution in [3.05, 3.63) is 24.3 Å². The molecule has 0 saturated carbocycles. The highest BCUT2D eigenvalue weighted by molar-refractivity contribution is 5.81. The predicted molar refractivity (Wildman–Crippen MR) is 157 cm³/mol. The first-order valence-electron chi connectivity index (χ1n) is 13.8. The summed E-state index contributed by atoms with van der Waals surface area (Å²) in [6, 6.07) is 7.53. The summed E-state index contributed by atoms with van der Waals surface area (Å²) in [5, 5.41) is 16.2. The summed E-state index contributed by atoms with van der Waals surface area (Å²) < 4.78 is 10.5. The maximum atomic E-state index is 12.9. The summed E-state index contributed by atoms with van der Waals surface area (Å²) in [7, 11) is 1.67. The molecule has 0 radical (unpaired) electrons. The first-order chi connectivity index (χ1) is 19.6. The molecule has 0 aliphatic carbocycles. The lowest BCUT2D eigenvalue weighted by molar-refractivity contribution is -0.131. The second-order valence-electron chi connectivity index (χ2n) is 11.6. The predicted octanol–water partition coefficient (Wildman–Crippen LogP) is 0.901. The summed E-state index contributed by atoms with van der Waals surface area (Å²) in [6.07, 6.45) is -1.19. The van der Waals surface area contributed by atoms with E-state index in [2.05, 4.69) is 31.7 Å². The van der Waals surface area contributed by atoms with Crippen molar-refractivity contribution in [3.63, 3.8) is 0 Å². The minimum absolute atomic E-state index is 0.0470. The van der Waals surface area contributed by atoms with E-state index in [1.54, 1.807) is 53.4 Å². The molecule has 1 aromatic heterocycles. The first kappa shape index (κ1) is 34.1. The van der Waals surface area contributed by atoms with Gasteiger partial charge in [0.25, 0.3) is 0 Å². The normalized spacial score (nSPS) is 11.5. The van der Waals surface area contributed by atoms with Gasteiger partial charge in [0, 0.05) is 39.8 Å². The third-order valence-corrected chi connectivity index (χ3v) is 5.49. The zero-order valence-electron chi connectivity index (χ0n) is 25.7. The van der Waals surface area contributed by atoms with Crippen LogP contribution >= 0.6 is 0 Å². The molecule has 0 unspecified atom stereocenters. The lowest BCUT2D eigenvalue weighted by Crippen LogP contribution is -2.47. The first-order valence-corrected chi connectivity index (χ1v) is 13.8. The van der Waals surface area contributed by atoms with Gasteiger partial charge in [-0.25, -0.2) is 9.59 Å². The van der Waals surface area contributed by atoms with Crippen LogP contribution < -0.4 is 21.4 Å². The molecule has 0 aliphatic rings. The van der Waals surface area contributed by atoms with Crippen LogP contribution in [-0.4, -0.2) is 120 Å². The fourth-order valence-corrected chi connectivity index (χ4v) is 3.53. The Kier molecular flexibility index (Phi) is 12.8. The fourth-order valence-electron chi connectivity index (χ4n) is 3.53. The van der Waals surface area contributed by atoms with Gasteiger partial charge >= 0.3 is 12.2 Å². The molecule has 1 heterocycles. The number of carbonyl (C=O) groups is 4. The largest absolute Gasteiger partial charge is 0.444 e. The molecular weight excluding hydrogens is 546 g/mol. The van der Waals surface area contributed by atoms with Crippen LogP contribution in [0.3, 0.4) is 0 Å². The van der Waals surface area contributed by atoms with E-state index < -0.39 is 23.4 Å². The highest BCUT2D eigenvalue weighted by Gasteiger charge is 2.19. The Morgan fingerprint density at radius 1 is 0.810 bits per heavy atom. The molecular formula is C27H45N9O6. The molecule has 15 heteroatoms. The zero-order chi connectivity index (χ0) is 31.3. The number of hydrogen-bond acceptors (Lipinski definition) is 10. The van der Waals surface area contributed by atoms with Crippen LogP contribution in [0.2, 0.25) is 0 Å². The second-order valence-corrected chi connectivity index (χ2v) is 11.6. The van der Waals surface area contributed by atoms with Crippen molar-refractivity contribution in [2.45, 2.75) is 52.7 Å². The van der Waals surface area contributed by atoms with Gasteiger partial charge in [-0.1, -0.05) is 12.1 Å². The van der Waals surface area contributed by atoms with Crippen LogP contribution in [0.25, 0.3) is 11.0 Å². The summed E-state index contributed by atoms with van der Waals surface area (Å²) in [6.45, 7) is 11.8. The van der Waals surface area contributed by atoms with Crippen molar-refractivity contribution in [3.8, 4) is 0 Å². The van der Waals surface area contributed by atoms with E-state index in [1.807, 2.05) is 24.3 Å². The highest BCUT2D eigenvalue weighted by atomic mass is 16.6. The summed E-state index contributed by atoms with van der Waals surface area (Å²) in [5.41, 5.74) is 3.40. The third kappa shape index (κ3) is 13.0. The molecule has 4 amide bonds. The zero-order valence-corrected chi connectivity index (χ0v) is 25.7. The molecule has 15 nitrogen and oxygen atoms in total. The fraction of sp³-hybridized carbons (Fsp3) is 0.630. The smallest absolute Gasteiger partial charge is 0.407 e. The molecule has 1 aromatic carbocycles. The number of nitrogens with one attached hydrogen (secondary N) is 4. The molecule has 0 spiro atoms. The number of aromatic nitrogens is 3. The summed E-state index contributed by atoms with van der Waals surface area (Å²) in [5.74, 6) is -0.500. The van der Waals surface area contributed by atoms with Gasteiger partial charge < -0.3 is 35.3 Å². The molecule has 0 aliphatic heterocycles. The quantitative estimate of drug-likeness (QED) is 0.247. The van der Waals surface area contributed by atoms with E-state index in [9.17, 15) is 19.2 Å². The van der Waals surface area contributed by atoms with Crippen molar-refractivity contribution < 1.29 is 28.7 Å². The molecule has 42 heavy (non-hydrogen) atoms. The number of nitrogens with zero attached hydrogens (tertiary/aromatic N) is 5. The second kappa shape index (κ2) is 15.7. The molecule has 234 valence electrons. The van der Waals surface area contributed by atoms with Gasteiger partial charge in [-0.15, -0.1) is 5.10 Å². The standard InChI is InChI=1S/C27H45N9O6/c1-26(2,3)41-24(39)29-12-16-35(17-13-30-25(40)42-27(4,5)6)23(38)19-28-18-22(37)34(7)15-14-31-36-21-11-9-8-10-20(21)32-33-36/h8-11,28,31H,12-19H2,1-7H3,(H,29,39)(H,30,40). The molecule has 0 fully saturated rings. The van der Waals surface area contributed by atoms with E-state index in [-0.39, 0.29) is 51.1 Å². The monoisotopic (exact) mass is 591 g/mol. The number of carbonyl (C=O) groups excluding carboxylic acids is 4. The average Bonchev–Trinajstić information content (AvgIpc) is 3.28. The Morgan fingerprint density at radius 2 is 1.36 bits per heavy atom. The lowest BCUT2D eigenvalue weighted by Gasteiger charge is -2.25. The SMILES string of the molecule is CN(CCNn1nnc2ccccc21)C(=O)CNCC(=O)N(CCNC(=O)OC(C)(C)C)CCNC(=O)OC(C)(C)C. The average molecular weight is 592 g/mol. The van der Waals surface area contributed by atoms with Crippen molar-refractivity contribution in [1.82, 2.24) is 40.9 Å². The van der Waals surface area contributed by atoms with E-state index in [4.69, 9.17) is 9.47 Å². The van der Waals surface area contributed by atoms with Crippen molar-refractivity contribution in [1.29, 1.82) is 0 Å². The minimum Gasteiger partial charge on any atom is -0.444 e. The number of alkyl carbamates (subject to hydrolysis) is 2. The van der Waals surface area contributed by atoms with Gasteiger partial charge in [-0.2, -0.15) is 4.79 Å². The van der Waals surface area contributed by atoms with Gasteiger partial charge in [0.2, 0.25) is 11.8 Å². The van der Waals surface area contributed by atoms with Gasteiger partial charge in [0.1, 0.15) is 22.2 Å². The van der Waals surface area contributed by atoms with Crippen LogP contribution in [-0.2, 0) is 19.1 Å². The Balaban J connectivity index is 1.79. The molecule has 2 aromatic rings. The van der Waals surface area contributed by atoms with Gasteiger partial charge in [-0.05, 0) is 58.9 Å². The minimum atomic E-state index is -0.651. The van der Waals surface area contributed by atoms with E-state index in [1.165, 1.54) is 9.80 Å². The summed E-state index contributed by atoms with van der Waals surface area (Å²) in [4.78, 5) is 54.0. The number of likely N-dealkylation sites (N-methyl/N-ethyl adjacent to an activating group) is 1. The number of hydrogen-bond donors (Lipinski definition) is 4. The van der Waals surface area contributed by atoms with E-state index >= 15 is 0 Å². The van der Waals surface area contributed by atoms with Crippen LogP contribution in [0.5, 0.6) is 0 Å².